The number of aromatic nitrogens is 4. The number of carbonyl (C=O) groups excluding carboxylic acids is 3. The number of nitrogens with zero attached hydrogens (tertiary/aromatic N) is 8. The molecule has 5 heterocycles. The van der Waals surface area contributed by atoms with Gasteiger partial charge in [-0.25, -0.2) is 4.98 Å². The summed E-state index contributed by atoms with van der Waals surface area (Å²) >= 11 is 6.15. The predicted molar refractivity (Wildman–Crippen MR) is 213 cm³/mol. The van der Waals surface area contributed by atoms with Gasteiger partial charge in [-0.15, -0.1) is 5.10 Å². The van der Waals surface area contributed by atoms with E-state index in [0.717, 1.165) is 101 Å². The Morgan fingerprint density at radius 3 is 2.40 bits per heavy atom. The summed E-state index contributed by atoms with van der Waals surface area (Å²) in [6.45, 7) is 6.50. The van der Waals surface area contributed by atoms with Crippen LogP contribution in [0.1, 0.15) is 73.3 Å². The molecule has 4 aliphatic rings. The number of nitrogens with one attached hydrogen (secondary N) is 2. The van der Waals surface area contributed by atoms with E-state index in [1.54, 1.807) is 30.5 Å². The van der Waals surface area contributed by atoms with Crippen LogP contribution in [0.5, 0.6) is 5.75 Å². The lowest BCUT2D eigenvalue weighted by molar-refractivity contribution is -0.136. The van der Waals surface area contributed by atoms with Gasteiger partial charge >= 0.3 is 0 Å². The van der Waals surface area contributed by atoms with Gasteiger partial charge in [-0.2, -0.15) is 9.94 Å². The Morgan fingerprint density at radius 2 is 1.70 bits per heavy atom. The molecule has 0 radical (unpaired) electrons. The third kappa shape index (κ3) is 8.72. The Bertz CT molecular complexity index is 2240. The van der Waals surface area contributed by atoms with Gasteiger partial charge in [-0.05, 0) is 93.3 Å². The van der Waals surface area contributed by atoms with Crippen LogP contribution < -0.4 is 30.7 Å². The fourth-order valence-electron chi connectivity index (χ4n) is 8.41. The topological polar surface area (TPSA) is 179 Å². The number of carbonyl (C=O) groups is 3. The van der Waals surface area contributed by atoms with Crippen molar-refractivity contribution in [3.8, 4) is 11.8 Å². The molecule has 1 atom stereocenters. The highest BCUT2D eigenvalue weighted by atomic mass is 35.5. The fourth-order valence-corrected chi connectivity index (χ4v) is 8.62. The van der Waals surface area contributed by atoms with Gasteiger partial charge in [0.05, 0.1) is 27.6 Å². The van der Waals surface area contributed by atoms with Crippen LogP contribution in [-0.4, -0.2) is 101 Å². The van der Waals surface area contributed by atoms with Crippen molar-refractivity contribution in [2.24, 2.45) is 5.92 Å². The third-order valence-corrected chi connectivity index (χ3v) is 12.1. The highest BCUT2D eigenvalue weighted by Crippen LogP contribution is 2.29. The summed E-state index contributed by atoms with van der Waals surface area (Å²) in [5.41, 5.74) is 2.06. The lowest BCUT2D eigenvalue weighted by atomic mass is 9.92. The normalized spacial score (nSPS) is 22.2. The minimum atomic E-state index is -0.843. The number of nitriles is 1. The van der Waals surface area contributed by atoms with Crippen LogP contribution in [0.2, 0.25) is 5.02 Å². The standard InChI is InChI=1S/C41H45ClN10O5/c42-34-22-32(6-1-27(34)23-43)57-31-7-3-29(4-8-31)45-39(54)28-2-11-37(44-24-28)51-15-13-26(14-16-51)25-49-17-19-50(20-18-49)30-5-9-33-35(21-30)47-48-52(41(33)56)36-10-12-38(53)46-40(36)55/h1-2,5-6,9,11,21-22,24,26,29,31,36H,3-4,7-8,10,12-20,25H2,(H,45,54)(H,46,53,55)/t29-,31-,36?. The Balaban J connectivity index is 0.756. The summed E-state index contributed by atoms with van der Waals surface area (Å²) < 4.78 is 7.18. The van der Waals surface area contributed by atoms with Crippen molar-refractivity contribution < 1.29 is 19.1 Å². The molecule has 296 valence electrons. The first-order valence-electron chi connectivity index (χ1n) is 19.8. The zero-order valence-electron chi connectivity index (χ0n) is 31.6. The Kier molecular flexibility index (Phi) is 11.3. The van der Waals surface area contributed by atoms with Crippen molar-refractivity contribution >= 4 is 51.7 Å². The second-order valence-electron chi connectivity index (χ2n) is 15.4. The van der Waals surface area contributed by atoms with E-state index in [1.165, 1.54) is 0 Å². The van der Waals surface area contributed by atoms with Crippen LogP contribution in [0.4, 0.5) is 11.5 Å². The van der Waals surface area contributed by atoms with Gasteiger partial charge in [-0.3, -0.25) is 29.4 Å². The van der Waals surface area contributed by atoms with Crippen LogP contribution in [0.25, 0.3) is 10.9 Å². The fraction of sp³-hybridized carbons (Fsp3) is 0.463. The minimum Gasteiger partial charge on any atom is -0.490 e. The summed E-state index contributed by atoms with van der Waals surface area (Å²) in [6, 6.07) is 15.8. The number of benzene rings is 2. The first kappa shape index (κ1) is 38.3. The van der Waals surface area contributed by atoms with Crippen molar-refractivity contribution in [2.75, 3.05) is 55.6 Å². The molecule has 1 unspecified atom stereocenters. The molecular weight excluding hydrogens is 748 g/mol. The second kappa shape index (κ2) is 16.9. The summed E-state index contributed by atoms with van der Waals surface area (Å²) in [4.78, 5) is 61.9. The van der Waals surface area contributed by atoms with E-state index in [-0.39, 0.29) is 36.8 Å². The summed E-state index contributed by atoms with van der Waals surface area (Å²) in [5, 5.41) is 23.6. The SMILES string of the molecule is N#Cc1ccc(O[C@H]2CC[C@H](NC(=O)c3ccc(N4CCC(CN5CCN(c6ccc7c(=O)n(C8CCC(=O)NC8=O)nnc7c6)CC5)CC4)nc3)CC2)cc1Cl. The molecule has 4 fully saturated rings. The van der Waals surface area contributed by atoms with E-state index < -0.39 is 17.5 Å². The molecule has 15 nitrogen and oxygen atoms in total. The van der Waals surface area contributed by atoms with E-state index in [4.69, 9.17) is 21.6 Å². The third-order valence-electron chi connectivity index (χ3n) is 11.7. The number of pyridine rings is 1. The Hall–Kier alpha value is -5.59. The average molecular weight is 793 g/mol. The lowest BCUT2D eigenvalue weighted by Gasteiger charge is -2.39. The molecule has 0 bridgehead atoms. The maximum atomic E-state index is 13.2. The number of anilines is 2. The van der Waals surface area contributed by atoms with Gasteiger partial charge in [-0.1, -0.05) is 16.8 Å². The smallest absolute Gasteiger partial charge is 0.278 e. The number of hydrogen-bond donors (Lipinski definition) is 2. The van der Waals surface area contributed by atoms with Gasteiger partial charge in [0.15, 0.2) is 0 Å². The molecule has 3 saturated heterocycles. The molecule has 2 N–H and O–H groups in total. The zero-order valence-corrected chi connectivity index (χ0v) is 32.4. The number of amides is 3. The molecule has 3 aliphatic heterocycles. The number of piperidine rings is 2. The lowest BCUT2D eigenvalue weighted by Crippen LogP contribution is -2.49. The van der Waals surface area contributed by atoms with Gasteiger partial charge in [0.2, 0.25) is 5.91 Å². The van der Waals surface area contributed by atoms with E-state index in [1.807, 2.05) is 24.3 Å². The largest absolute Gasteiger partial charge is 0.490 e. The average Bonchev–Trinajstić information content (AvgIpc) is 3.23. The molecule has 4 aromatic rings. The highest BCUT2D eigenvalue weighted by molar-refractivity contribution is 6.31. The second-order valence-corrected chi connectivity index (χ2v) is 15.9. The van der Waals surface area contributed by atoms with Crippen molar-refractivity contribution in [3.63, 3.8) is 0 Å². The van der Waals surface area contributed by atoms with E-state index in [2.05, 4.69) is 46.7 Å². The molecule has 0 spiro atoms. The first-order valence-corrected chi connectivity index (χ1v) is 20.2. The molecule has 3 amide bonds. The summed E-state index contributed by atoms with van der Waals surface area (Å²) in [7, 11) is 0. The molecule has 1 aliphatic carbocycles. The zero-order chi connectivity index (χ0) is 39.5. The van der Waals surface area contributed by atoms with Crippen LogP contribution in [0.3, 0.4) is 0 Å². The van der Waals surface area contributed by atoms with E-state index in [9.17, 15) is 19.2 Å². The molecule has 57 heavy (non-hydrogen) atoms. The molecule has 8 rings (SSSR count). The van der Waals surface area contributed by atoms with Gasteiger partial charge in [0.1, 0.15) is 29.2 Å². The van der Waals surface area contributed by atoms with Crippen LogP contribution >= 0.6 is 11.6 Å². The Labute approximate surface area is 334 Å². The van der Waals surface area contributed by atoms with Gasteiger partial charge < -0.3 is 19.9 Å². The van der Waals surface area contributed by atoms with Gasteiger partial charge in [0, 0.05) is 76.2 Å². The first-order chi connectivity index (χ1) is 27.7. The van der Waals surface area contributed by atoms with E-state index in [0.29, 0.717) is 38.7 Å². The van der Waals surface area contributed by atoms with Crippen molar-refractivity contribution in [1.82, 2.24) is 35.5 Å². The van der Waals surface area contributed by atoms with Crippen LogP contribution in [-0.2, 0) is 9.59 Å². The minimum absolute atomic E-state index is 0.0396. The number of ether oxygens (including phenoxy) is 1. The Morgan fingerprint density at radius 1 is 0.912 bits per heavy atom. The number of piperazine rings is 1. The quantitative estimate of drug-likeness (QED) is 0.235. The highest BCUT2D eigenvalue weighted by Gasteiger charge is 2.31. The van der Waals surface area contributed by atoms with Crippen molar-refractivity contribution in [2.45, 2.75) is 69.6 Å². The summed E-state index contributed by atoms with van der Waals surface area (Å²) in [5.74, 6) is 1.17. The number of halogens is 1. The number of hydrogen-bond acceptors (Lipinski definition) is 12. The van der Waals surface area contributed by atoms with Crippen LogP contribution in [0.15, 0.2) is 59.5 Å². The van der Waals surface area contributed by atoms with Crippen molar-refractivity contribution in [1.29, 1.82) is 5.26 Å². The van der Waals surface area contributed by atoms with E-state index >= 15 is 0 Å². The molecule has 16 heteroatoms. The number of rotatable bonds is 9. The van der Waals surface area contributed by atoms with Crippen LogP contribution in [0, 0.1) is 17.2 Å². The summed E-state index contributed by atoms with van der Waals surface area (Å²) in [6.07, 6.45) is 7.52. The van der Waals surface area contributed by atoms with Crippen molar-refractivity contribution in [3.05, 3.63) is 81.2 Å². The maximum absolute atomic E-state index is 13.2. The molecular formula is C41H45ClN10O5. The molecule has 2 aromatic carbocycles. The number of fused-ring (bicyclic) bond motifs is 1. The monoisotopic (exact) mass is 792 g/mol. The predicted octanol–water partition coefficient (Wildman–Crippen LogP) is 3.85. The molecule has 2 aromatic heterocycles. The number of imide groups is 1. The maximum Gasteiger partial charge on any atom is 0.278 e. The molecule has 1 saturated carbocycles. The van der Waals surface area contributed by atoms with Gasteiger partial charge in [0.25, 0.3) is 17.4 Å².